The highest BCUT2D eigenvalue weighted by Crippen LogP contribution is 2.34. The van der Waals surface area contributed by atoms with Gasteiger partial charge in [-0.25, -0.2) is 17.9 Å². The molecule has 11 nitrogen and oxygen atoms in total. The van der Waals surface area contributed by atoms with Gasteiger partial charge < -0.3 is 35.4 Å². The van der Waals surface area contributed by atoms with Crippen molar-refractivity contribution in [2.24, 2.45) is 0 Å². The Morgan fingerprint density at radius 2 is 1.80 bits per heavy atom. The molecule has 2 aliphatic rings. The molecule has 0 aromatic heterocycles. The molecule has 40 heavy (non-hydrogen) atoms. The lowest BCUT2D eigenvalue weighted by Crippen LogP contribution is -2.58. The van der Waals surface area contributed by atoms with E-state index in [0.29, 0.717) is 22.8 Å². The van der Waals surface area contributed by atoms with Gasteiger partial charge in [0.1, 0.15) is 42.9 Å². The molecule has 13 heteroatoms. The van der Waals surface area contributed by atoms with Crippen molar-refractivity contribution in [3.8, 4) is 5.75 Å². The van der Waals surface area contributed by atoms with E-state index in [0.717, 1.165) is 36.6 Å². The summed E-state index contributed by atoms with van der Waals surface area (Å²) in [5, 5.41) is 37.7. The Labute approximate surface area is 238 Å². The maximum absolute atomic E-state index is 12.2. The number of benzene rings is 2. The fraction of sp³-hybridized carbons (Fsp3) is 0.519. The Kier molecular flexibility index (Phi) is 10.3. The molecule has 220 valence electrons. The van der Waals surface area contributed by atoms with Crippen LogP contribution in [0.2, 0.25) is 5.02 Å². The van der Waals surface area contributed by atoms with E-state index in [1.165, 1.54) is 0 Å². The molecule has 5 atom stereocenters. The van der Waals surface area contributed by atoms with Crippen LogP contribution in [0.25, 0.3) is 0 Å². The first-order valence-electron chi connectivity index (χ1n) is 13.2. The molecule has 1 aliphatic carbocycles. The summed E-state index contributed by atoms with van der Waals surface area (Å²) in [5.41, 5.74) is 2.26. The molecule has 2 fully saturated rings. The van der Waals surface area contributed by atoms with E-state index in [1.54, 1.807) is 30.3 Å². The van der Waals surface area contributed by atoms with Crippen LogP contribution in [-0.2, 0) is 21.2 Å². The molecular formula is C27H36ClN3O8S. The number of carbonyl (C=O) groups is 1. The van der Waals surface area contributed by atoms with Crippen LogP contribution in [0.15, 0.2) is 42.5 Å². The number of hydrogen-bond acceptors (Lipinski definition) is 8. The molecule has 1 saturated heterocycles. The lowest BCUT2D eigenvalue weighted by atomic mass is 9.90. The van der Waals surface area contributed by atoms with Gasteiger partial charge in [0.15, 0.2) is 0 Å². The van der Waals surface area contributed by atoms with Gasteiger partial charge in [0.2, 0.25) is 10.0 Å². The Balaban J connectivity index is 1.38. The van der Waals surface area contributed by atoms with Crippen LogP contribution in [-0.4, -0.2) is 86.2 Å². The van der Waals surface area contributed by atoms with E-state index in [1.807, 2.05) is 12.1 Å². The molecule has 4 rings (SSSR count). The van der Waals surface area contributed by atoms with Gasteiger partial charge in [0, 0.05) is 24.2 Å². The second-order valence-electron chi connectivity index (χ2n) is 10.2. The van der Waals surface area contributed by atoms with Crippen LogP contribution < -0.4 is 20.1 Å². The number of rotatable bonds is 11. The Morgan fingerprint density at radius 3 is 2.45 bits per heavy atom. The molecule has 2 amide bonds. The van der Waals surface area contributed by atoms with Gasteiger partial charge in [-0.3, -0.25) is 0 Å². The molecule has 1 saturated carbocycles. The average Bonchev–Trinajstić information content (AvgIpc) is 2.89. The monoisotopic (exact) mass is 597 g/mol. The Morgan fingerprint density at radius 1 is 1.07 bits per heavy atom. The zero-order valence-electron chi connectivity index (χ0n) is 22.1. The van der Waals surface area contributed by atoms with Crippen LogP contribution in [0.1, 0.15) is 42.1 Å². The Hall–Kier alpha value is -2.45. The molecule has 2 aromatic carbocycles. The van der Waals surface area contributed by atoms with Crippen molar-refractivity contribution in [2.75, 3.05) is 26.0 Å². The minimum Gasteiger partial charge on any atom is -0.492 e. The van der Waals surface area contributed by atoms with Crippen molar-refractivity contribution in [3.63, 3.8) is 0 Å². The normalized spacial score (nSPS) is 25.2. The van der Waals surface area contributed by atoms with Crippen LogP contribution in [0.3, 0.4) is 0 Å². The summed E-state index contributed by atoms with van der Waals surface area (Å²) in [6.07, 6.45) is -1.64. The molecule has 1 heterocycles. The fourth-order valence-corrected chi connectivity index (χ4v) is 5.24. The third-order valence-electron chi connectivity index (χ3n) is 7.07. The maximum atomic E-state index is 12.2. The average molecular weight is 598 g/mol. The third-order valence-corrected chi connectivity index (χ3v) is 8.17. The standard InChI is InChI=1S/C27H36ClN3O8S/c1-40(36,37)30-11-12-38-20-8-5-16(6-9-20)13-18-14-17(7-10-21(18)28)26-25(34)24(33)23(32)22(39-26)15-29-27(35)31-19-3-2-4-19/h5-10,14,19,22-26,30,32-34H,2-4,11-13,15H2,1H3,(H2,29,31,35)/t22-,23-,24+,25-,26+/m1/s1. The zero-order valence-corrected chi connectivity index (χ0v) is 23.7. The molecule has 1 aliphatic heterocycles. The van der Waals surface area contributed by atoms with Crippen LogP contribution in [0, 0.1) is 0 Å². The number of ether oxygens (including phenoxy) is 2. The number of halogens is 1. The number of carbonyl (C=O) groups excluding carboxylic acids is 1. The lowest BCUT2D eigenvalue weighted by Gasteiger charge is -2.41. The van der Waals surface area contributed by atoms with E-state index in [-0.39, 0.29) is 31.8 Å². The van der Waals surface area contributed by atoms with E-state index in [4.69, 9.17) is 21.1 Å². The first kappa shape index (κ1) is 30.5. The molecule has 0 unspecified atom stereocenters. The highest BCUT2D eigenvalue weighted by Gasteiger charge is 2.44. The van der Waals surface area contributed by atoms with Gasteiger partial charge in [0.25, 0.3) is 0 Å². The molecule has 2 aromatic rings. The smallest absolute Gasteiger partial charge is 0.315 e. The number of aliphatic hydroxyl groups is 3. The molecule has 0 bridgehead atoms. The van der Waals surface area contributed by atoms with Crippen molar-refractivity contribution >= 4 is 27.7 Å². The van der Waals surface area contributed by atoms with E-state index in [2.05, 4.69) is 15.4 Å². The third kappa shape index (κ3) is 8.29. The predicted octanol–water partition coefficient (Wildman–Crippen LogP) is 1.23. The summed E-state index contributed by atoms with van der Waals surface area (Å²) < 4.78 is 36.2. The summed E-state index contributed by atoms with van der Waals surface area (Å²) in [5.74, 6) is 0.589. The summed E-state index contributed by atoms with van der Waals surface area (Å²) in [7, 11) is -3.27. The van der Waals surface area contributed by atoms with Crippen molar-refractivity contribution in [1.82, 2.24) is 15.4 Å². The summed E-state index contributed by atoms with van der Waals surface area (Å²) in [4.78, 5) is 12.2. The summed E-state index contributed by atoms with van der Waals surface area (Å²) in [6, 6.07) is 12.2. The minimum absolute atomic E-state index is 0.0425. The molecule has 0 spiro atoms. The summed E-state index contributed by atoms with van der Waals surface area (Å²) >= 11 is 6.47. The number of amides is 2. The highest BCUT2D eigenvalue weighted by molar-refractivity contribution is 7.88. The van der Waals surface area contributed by atoms with E-state index in [9.17, 15) is 28.5 Å². The molecule has 6 N–H and O–H groups in total. The van der Waals surface area contributed by atoms with Gasteiger partial charge in [-0.05, 0) is 60.6 Å². The quantitative estimate of drug-likeness (QED) is 0.210. The fourth-order valence-electron chi connectivity index (χ4n) is 4.60. The topological polar surface area (TPSA) is 166 Å². The Bertz CT molecular complexity index is 1260. The first-order valence-corrected chi connectivity index (χ1v) is 15.5. The van der Waals surface area contributed by atoms with Crippen molar-refractivity contribution < 1.29 is 38.0 Å². The number of urea groups is 1. The first-order chi connectivity index (χ1) is 19.0. The minimum atomic E-state index is -3.27. The van der Waals surface area contributed by atoms with Gasteiger partial charge in [-0.15, -0.1) is 0 Å². The predicted molar refractivity (Wildman–Crippen MR) is 149 cm³/mol. The van der Waals surface area contributed by atoms with Gasteiger partial charge in [-0.1, -0.05) is 35.9 Å². The largest absolute Gasteiger partial charge is 0.492 e. The number of sulfonamides is 1. The zero-order chi connectivity index (χ0) is 28.9. The summed E-state index contributed by atoms with van der Waals surface area (Å²) in [6.45, 7) is 0.305. The van der Waals surface area contributed by atoms with Gasteiger partial charge >= 0.3 is 6.03 Å². The van der Waals surface area contributed by atoms with Crippen molar-refractivity contribution in [1.29, 1.82) is 0 Å². The van der Waals surface area contributed by atoms with Gasteiger partial charge in [0.05, 0.1) is 6.26 Å². The van der Waals surface area contributed by atoms with Crippen molar-refractivity contribution in [2.45, 2.75) is 62.2 Å². The van der Waals surface area contributed by atoms with Crippen LogP contribution >= 0.6 is 11.6 Å². The maximum Gasteiger partial charge on any atom is 0.315 e. The van der Waals surface area contributed by atoms with Crippen LogP contribution in [0.4, 0.5) is 4.79 Å². The SMILES string of the molecule is CS(=O)(=O)NCCOc1ccc(Cc2cc([C@@H]3O[C@H](CNC(=O)NC4CCC4)[C@@H](O)[C@H](O)[C@H]3O)ccc2Cl)cc1. The number of hydrogen-bond donors (Lipinski definition) is 6. The lowest BCUT2D eigenvalue weighted by molar-refractivity contribution is -0.222. The molecular weight excluding hydrogens is 562 g/mol. The molecule has 0 radical (unpaired) electrons. The van der Waals surface area contributed by atoms with Gasteiger partial charge in [-0.2, -0.15) is 0 Å². The van der Waals surface area contributed by atoms with Crippen LogP contribution in [0.5, 0.6) is 5.75 Å². The van der Waals surface area contributed by atoms with E-state index < -0.39 is 40.5 Å². The number of aliphatic hydroxyl groups excluding tert-OH is 3. The van der Waals surface area contributed by atoms with E-state index >= 15 is 0 Å². The van der Waals surface area contributed by atoms with Crippen molar-refractivity contribution in [3.05, 3.63) is 64.2 Å². The highest BCUT2D eigenvalue weighted by atomic mass is 35.5. The second-order valence-corrected chi connectivity index (χ2v) is 12.5. The number of nitrogens with one attached hydrogen (secondary N) is 3. The second kappa shape index (κ2) is 13.5.